The Balaban J connectivity index is 1.95. The van der Waals surface area contributed by atoms with Crippen LogP contribution in [-0.4, -0.2) is 13.1 Å². The highest BCUT2D eigenvalue weighted by Gasteiger charge is 2.33. The Kier molecular flexibility index (Phi) is 4.49. The van der Waals surface area contributed by atoms with Crippen molar-refractivity contribution in [2.75, 3.05) is 0 Å². The van der Waals surface area contributed by atoms with E-state index in [-0.39, 0.29) is 0 Å². The largest absolute Gasteiger partial charge is 0.455 e. The molecule has 0 radical (unpaired) electrons. The van der Waals surface area contributed by atoms with Gasteiger partial charge in [-0.3, -0.25) is 0 Å². The van der Waals surface area contributed by atoms with Gasteiger partial charge in [0.25, 0.3) is 6.33 Å². The van der Waals surface area contributed by atoms with Crippen LogP contribution >= 0.6 is 0 Å². The maximum atomic E-state index is 6.83. The zero-order valence-electron chi connectivity index (χ0n) is 19.6. The molecule has 1 aliphatic heterocycles. The summed E-state index contributed by atoms with van der Waals surface area (Å²) in [7, 11) is 0.583. The lowest BCUT2D eigenvalue weighted by Gasteiger charge is -2.27. The van der Waals surface area contributed by atoms with Gasteiger partial charge in [-0.25, -0.2) is 4.57 Å². The molecule has 0 fully saturated rings. The highest BCUT2D eigenvalue weighted by atomic mass is 28.3. The summed E-state index contributed by atoms with van der Waals surface area (Å²) in [5, 5.41) is 5.14. The van der Waals surface area contributed by atoms with Gasteiger partial charge in [0.05, 0.1) is 20.7 Å². The van der Waals surface area contributed by atoms with Crippen LogP contribution in [0.5, 0.6) is 11.5 Å². The van der Waals surface area contributed by atoms with Crippen molar-refractivity contribution in [1.82, 2.24) is 4.98 Å². The molecule has 5 rings (SSSR count). The third kappa shape index (κ3) is 3.08. The molecule has 0 aliphatic carbocycles. The number of ether oxygens (including phenoxy) is 1. The molecule has 158 valence electrons. The first kappa shape index (κ1) is 20.2. The molecule has 0 saturated heterocycles. The van der Waals surface area contributed by atoms with Crippen molar-refractivity contribution in [3.8, 4) is 22.8 Å². The fourth-order valence-corrected chi connectivity index (χ4v) is 6.04. The van der Waals surface area contributed by atoms with E-state index >= 15 is 0 Å². The predicted octanol–water partition coefficient (Wildman–Crippen LogP) is 6.04. The van der Waals surface area contributed by atoms with Gasteiger partial charge in [0.1, 0.15) is 16.9 Å². The molecule has 0 bridgehead atoms. The van der Waals surface area contributed by atoms with Crippen molar-refractivity contribution in [3.05, 3.63) is 53.9 Å². The van der Waals surface area contributed by atoms with Crippen LogP contribution in [0, 0.1) is 12.8 Å². The first-order valence-electron chi connectivity index (χ1n) is 11.2. The SMILES string of the molecule is Cc1c2c(c(CC(C)C)c3ccccc13)Oc1cc([Si](C)(C)C)cc3nc[n+](C)c-2c13. The topological polar surface area (TPSA) is 26.0 Å². The number of hydrogen-bond donors (Lipinski definition) is 0. The fourth-order valence-electron chi connectivity index (χ4n) is 4.91. The average molecular weight is 428 g/mol. The zero-order valence-corrected chi connectivity index (χ0v) is 20.6. The summed E-state index contributed by atoms with van der Waals surface area (Å²) in [6.07, 6.45) is 2.95. The number of aryl methyl sites for hydroxylation is 2. The first-order chi connectivity index (χ1) is 14.7. The summed E-state index contributed by atoms with van der Waals surface area (Å²) in [5.41, 5.74) is 6.07. The van der Waals surface area contributed by atoms with Crippen LogP contribution in [0.2, 0.25) is 19.6 Å². The van der Waals surface area contributed by atoms with Gasteiger partial charge in [-0.1, -0.05) is 62.9 Å². The molecule has 3 aromatic carbocycles. The van der Waals surface area contributed by atoms with E-state index in [0.717, 1.165) is 28.8 Å². The molecule has 0 saturated carbocycles. The Hall–Kier alpha value is -2.72. The van der Waals surface area contributed by atoms with Crippen LogP contribution in [0.4, 0.5) is 0 Å². The molecule has 1 aliphatic rings. The van der Waals surface area contributed by atoms with E-state index in [2.05, 4.69) is 88.4 Å². The molecule has 0 atom stereocenters. The average Bonchev–Trinajstić information content (AvgIpc) is 2.71. The second kappa shape index (κ2) is 6.89. The lowest BCUT2D eigenvalue weighted by Crippen LogP contribution is -2.38. The lowest BCUT2D eigenvalue weighted by molar-refractivity contribution is -0.662. The van der Waals surface area contributed by atoms with Crippen LogP contribution < -0.4 is 14.5 Å². The molecule has 3 nitrogen and oxygen atoms in total. The quantitative estimate of drug-likeness (QED) is 0.259. The fraction of sp³-hybridized carbons (Fsp3) is 0.333. The molecule has 0 N–H and O–H groups in total. The van der Waals surface area contributed by atoms with Crippen molar-refractivity contribution >= 4 is 34.9 Å². The molecule has 2 heterocycles. The highest BCUT2D eigenvalue weighted by molar-refractivity contribution is 6.88. The standard InChI is InChI=1S/C27H31N2OSi/c1-16(2)12-21-20-11-9-8-10-19(20)17(3)24-26-25-22(28-15-29(26)4)13-18(31(5,6)7)14-23(25)30-27(21)24/h8-11,13-16H,12H2,1-7H3/q+1. The van der Waals surface area contributed by atoms with E-state index in [4.69, 9.17) is 9.72 Å². The normalized spacial score (nSPS) is 13.0. The molecular weight excluding hydrogens is 396 g/mol. The Morgan fingerprint density at radius 1 is 1.06 bits per heavy atom. The van der Waals surface area contributed by atoms with Crippen molar-refractivity contribution in [3.63, 3.8) is 0 Å². The van der Waals surface area contributed by atoms with Gasteiger partial charge in [0.15, 0.2) is 11.2 Å². The number of nitrogens with zero attached hydrogens (tertiary/aromatic N) is 2. The van der Waals surface area contributed by atoms with Gasteiger partial charge in [0, 0.05) is 5.56 Å². The van der Waals surface area contributed by atoms with Crippen molar-refractivity contribution in [1.29, 1.82) is 0 Å². The van der Waals surface area contributed by atoms with Crippen molar-refractivity contribution < 1.29 is 9.30 Å². The number of hydrogen-bond acceptors (Lipinski definition) is 2. The summed E-state index contributed by atoms with van der Waals surface area (Å²) in [5.74, 6) is 2.54. The summed E-state index contributed by atoms with van der Waals surface area (Å²) >= 11 is 0. The molecule has 1 aromatic heterocycles. The third-order valence-corrected chi connectivity index (χ3v) is 8.52. The molecule has 4 heteroatoms. The van der Waals surface area contributed by atoms with Gasteiger partial charge >= 0.3 is 0 Å². The van der Waals surface area contributed by atoms with Crippen molar-refractivity contribution in [2.45, 2.75) is 46.8 Å². The van der Waals surface area contributed by atoms with E-state index in [1.807, 2.05) is 6.33 Å². The lowest BCUT2D eigenvalue weighted by atomic mass is 9.86. The number of fused-ring (bicyclic) bond motifs is 3. The maximum absolute atomic E-state index is 6.83. The Labute approximate surface area is 185 Å². The minimum atomic E-state index is -1.52. The second-order valence-electron chi connectivity index (χ2n) is 10.4. The van der Waals surface area contributed by atoms with Crippen LogP contribution in [-0.2, 0) is 13.5 Å². The highest BCUT2D eigenvalue weighted by Crippen LogP contribution is 2.50. The third-order valence-electron chi connectivity index (χ3n) is 6.50. The number of rotatable bonds is 3. The van der Waals surface area contributed by atoms with Crippen LogP contribution in [0.1, 0.15) is 25.0 Å². The summed E-state index contributed by atoms with van der Waals surface area (Å²) in [6.45, 7) is 13.9. The summed E-state index contributed by atoms with van der Waals surface area (Å²) < 4.78 is 9.00. The van der Waals surface area contributed by atoms with Gasteiger partial charge in [0.2, 0.25) is 0 Å². The van der Waals surface area contributed by atoms with E-state index < -0.39 is 8.07 Å². The Morgan fingerprint density at radius 3 is 2.45 bits per heavy atom. The Morgan fingerprint density at radius 2 is 1.77 bits per heavy atom. The molecule has 4 aromatic rings. The van der Waals surface area contributed by atoms with Gasteiger partial charge < -0.3 is 4.74 Å². The van der Waals surface area contributed by atoms with E-state index in [0.29, 0.717) is 5.92 Å². The number of aromatic nitrogens is 2. The minimum absolute atomic E-state index is 0.541. The van der Waals surface area contributed by atoms with Gasteiger partial charge in [-0.2, -0.15) is 0 Å². The van der Waals surface area contributed by atoms with E-state index in [1.165, 1.54) is 38.3 Å². The van der Waals surface area contributed by atoms with Crippen LogP contribution in [0.3, 0.4) is 0 Å². The molecule has 0 amide bonds. The van der Waals surface area contributed by atoms with Crippen LogP contribution in [0.25, 0.3) is 32.9 Å². The summed E-state index contributed by atoms with van der Waals surface area (Å²) in [4.78, 5) is 4.80. The molecule has 0 spiro atoms. The maximum Gasteiger partial charge on any atom is 0.287 e. The van der Waals surface area contributed by atoms with Gasteiger partial charge in [-0.05, 0) is 52.7 Å². The molecule has 31 heavy (non-hydrogen) atoms. The minimum Gasteiger partial charge on any atom is -0.455 e. The monoisotopic (exact) mass is 427 g/mol. The van der Waals surface area contributed by atoms with Crippen LogP contribution in [0.15, 0.2) is 42.7 Å². The second-order valence-corrected chi connectivity index (χ2v) is 15.5. The van der Waals surface area contributed by atoms with E-state index in [9.17, 15) is 0 Å². The Bertz CT molecular complexity index is 1370. The van der Waals surface area contributed by atoms with E-state index in [1.54, 1.807) is 0 Å². The van der Waals surface area contributed by atoms with Gasteiger partial charge in [-0.15, -0.1) is 0 Å². The predicted molar refractivity (Wildman–Crippen MR) is 132 cm³/mol. The molecule has 0 unspecified atom stereocenters. The molecular formula is C27H31N2OSi+. The smallest absolute Gasteiger partial charge is 0.287 e. The van der Waals surface area contributed by atoms with Crippen molar-refractivity contribution in [2.24, 2.45) is 13.0 Å². The number of benzene rings is 3. The summed E-state index contributed by atoms with van der Waals surface area (Å²) in [6, 6.07) is 13.3. The first-order valence-corrected chi connectivity index (χ1v) is 14.7. The zero-order chi connectivity index (χ0) is 22.1.